The normalized spacial score (nSPS) is 16.9. The van der Waals surface area contributed by atoms with Gasteiger partial charge >= 0.3 is 0 Å². The molecular formula is C15H15F2N3O3S. The van der Waals surface area contributed by atoms with Crippen molar-refractivity contribution in [3.05, 3.63) is 48.2 Å². The minimum atomic E-state index is -4.00. The number of rotatable bonds is 4. The Hall–Kier alpha value is -2.13. The summed E-state index contributed by atoms with van der Waals surface area (Å²) in [6.45, 7) is 0.369. The highest BCUT2D eigenvalue weighted by Gasteiger charge is 2.32. The summed E-state index contributed by atoms with van der Waals surface area (Å²) in [5.74, 6) is -1.53. The molecule has 0 atom stereocenters. The van der Waals surface area contributed by atoms with Gasteiger partial charge in [-0.2, -0.15) is 9.40 Å². The maximum Gasteiger partial charge on any atom is 0.245 e. The van der Waals surface area contributed by atoms with E-state index < -0.39 is 26.6 Å². The zero-order valence-electron chi connectivity index (χ0n) is 12.6. The molecule has 1 aliphatic heterocycles. The fraction of sp³-hybridized carbons (Fsp3) is 0.333. The molecule has 1 fully saturated rings. The van der Waals surface area contributed by atoms with Crippen LogP contribution in [0.2, 0.25) is 0 Å². The number of aromatic nitrogens is 2. The number of piperidine rings is 1. The Balaban J connectivity index is 1.67. The number of hydrogen-bond acceptors (Lipinski definition) is 5. The van der Waals surface area contributed by atoms with Crippen molar-refractivity contribution in [2.24, 2.45) is 0 Å². The summed E-state index contributed by atoms with van der Waals surface area (Å²) in [6.07, 6.45) is 2.22. The molecule has 0 saturated carbocycles. The SMILES string of the molecule is O=S(=O)(c1ccc(F)cc1F)N1CCC(Oc2cccnn2)CC1. The molecule has 0 aliphatic carbocycles. The third kappa shape index (κ3) is 3.51. The molecule has 0 amide bonds. The molecule has 6 nitrogen and oxygen atoms in total. The van der Waals surface area contributed by atoms with Crippen LogP contribution in [0.4, 0.5) is 8.78 Å². The Morgan fingerprint density at radius 3 is 2.54 bits per heavy atom. The molecule has 0 radical (unpaired) electrons. The first-order valence-corrected chi connectivity index (χ1v) is 8.80. The molecule has 0 unspecified atom stereocenters. The summed E-state index contributed by atoms with van der Waals surface area (Å²) in [6, 6.07) is 5.81. The minimum absolute atomic E-state index is 0.185. The zero-order valence-corrected chi connectivity index (χ0v) is 13.4. The minimum Gasteiger partial charge on any atom is -0.473 e. The second-order valence-electron chi connectivity index (χ2n) is 5.36. The predicted molar refractivity (Wildman–Crippen MR) is 80.8 cm³/mol. The molecule has 24 heavy (non-hydrogen) atoms. The van der Waals surface area contributed by atoms with Gasteiger partial charge in [-0.05, 0) is 31.0 Å². The first kappa shape index (κ1) is 16.7. The van der Waals surface area contributed by atoms with E-state index in [2.05, 4.69) is 10.2 Å². The molecule has 0 spiro atoms. The van der Waals surface area contributed by atoms with Crippen LogP contribution in [-0.4, -0.2) is 42.1 Å². The number of sulfonamides is 1. The molecule has 1 aliphatic rings. The van der Waals surface area contributed by atoms with E-state index in [1.807, 2.05) is 0 Å². The van der Waals surface area contributed by atoms with Crippen molar-refractivity contribution < 1.29 is 21.9 Å². The van der Waals surface area contributed by atoms with Gasteiger partial charge in [-0.15, -0.1) is 5.10 Å². The number of ether oxygens (including phenoxy) is 1. The van der Waals surface area contributed by atoms with E-state index in [0.717, 1.165) is 12.1 Å². The van der Waals surface area contributed by atoms with E-state index in [-0.39, 0.29) is 19.2 Å². The number of halogens is 2. The van der Waals surface area contributed by atoms with Crippen LogP contribution >= 0.6 is 0 Å². The van der Waals surface area contributed by atoms with Crippen molar-refractivity contribution in [1.29, 1.82) is 0 Å². The summed E-state index contributed by atoms with van der Waals surface area (Å²) in [5.41, 5.74) is 0. The fourth-order valence-electron chi connectivity index (χ4n) is 2.53. The van der Waals surface area contributed by atoms with Gasteiger partial charge in [-0.3, -0.25) is 0 Å². The van der Waals surface area contributed by atoms with E-state index in [0.29, 0.717) is 24.8 Å². The third-order valence-corrected chi connectivity index (χ3v) is 5.68. The Morgan fingerprint density at radius 1 is 1.17 bits per heavy atom. The van der Waals surface area contributed by atoms with Gasteiger partial charge in [-0.1, -0.05) is 0 Å². The van der Waals surface area contributed by atoms with E-state index >= 15 is 0 Å². The average Bonchev–Trinajstić information content (AvgIpc) is 2.56. The second-order valence-corrected chi connectivity index (χ2v) is 7.26. The van der Waals surface area contributed by atoms with Crippen molar-refractivity contribution in [2.45, 2.75) is 23.8 Å². The number of benzene rings is 1. The van der Waals surface area contributed by atoms with Gasteiger partial charge in [0.1, 0.15) is 22.6 Å². The van der Waals surface area contributed by atoms with Gasteiger partial charge in [0, 0.05) is 31.4 Å². The van der Waals surface area contributed by atoms with Crippen LogP contribution in [0.3, 0.4) is 0 Å². The second kappa shape index (κ2) is 6.78. The molecule has 2 aromatic rings. The quantitative estimate of drug-likeness (QED) is 0.839. The lowest BCUT2D eigenvalue weighted by atomic mass is 10.1. The summed E-state index contributed by atoms with van der Waals surface area (Å²) >= 11 is 0. The highest BCUT2D eigenvalue weighted by Crippen LogP contribution is 2.24. The lowest BCUT2D eigenvalue weighted by molar-refractivity contribution is 0.128. The molecule has 128 valence electrons. The van der Waals surface area contributed by atoms with Gasteiger partial charge < -0.3 is 4.74 Å². The van der Waals surface area contributed by atoms with E-state index in [1.54, 1.807) is 12.1 Å². The zero-order chi connectivity index (χ0) is 17.2. The lowest BCUT2D eigenvalue weighted by Crippen LogP contribution is -2.42. The number of nitrogens with zero attached hydrogens (tertiary/aromatic N) is 3. The largest absolute Gasteiger partial charge is 0.473 e. The first-order chi connectivity index (χ1) is 11.5. The topological polar surface area (TPSA) is 72.4 Å². The molecule has 1 aromatic heterocycles. The standard InChI is InChI=1S/C15H15F2N3O3S/c16-11-3-4-14(13(17)10-11)24(21,22)20-8-5-12(6-9-20)23-15-2-1-7-18-19-15/h1-4,7,10,12H,5-6,8-9H2. The van der Waals surface area contributed by atoms with Crippen molar-refractivity contribution in [2.75, 3.05) is 13.1 Å². The first-order valence-electron chi connectivity index (χ1n) is 7.36. The third-order valence-electron chi connectivity index (χ3n) is 3.75. The smallest absolute Gasteiger partial charge is 0.245 e. The van der Waals surface area contributed by atoms with Gasteiger partial charge in [0.25, 0.3) is 0 Å². The van der Waals surface area contributed by atoms with Crippen LogP contribution in [0.5, 0.6) is 5.88 Å². The van der Waals surface area contributed by atoms with Gasteiger partial charge in [-0.25, -0.2) is 17.2 Å². The van der Waals surface area contributed by atoms with Crippen LogP contribution in [-0.2, 0) is 10.0 Å². The molecule has 1 aromatic carbocycles. The van der Waals surface area contributed by atoms with Crippen LogP contribution in [0, 0.1) is 11.6 Å². The molecule has 9 heteroatoms. The molecule has 3 rings (SSSR count). The van der Waals surface area contributed by atoms with Crippen molar-refractivity contribution >= 4 is 10.0 Å². The Labute approximate surface area is 138 Å². The summed E-state index contributed by atoms with van der Waals surface area (Å²) < 4.78 is 58.5. The summed E-state index contributed by atoms with van der Waals surface area (Å²) in [5, 5.41) is 7.53. The molecular weight excluding hydrogens is 340 g/mol. The van der Waals surface area contributed by atoms with Crippen molar-refractivity contribution in [3.63, 3.8) is 0 Å². The summed E-state index contributed by atoms with van der Waals surface area (Å²) in [7, 11) is -4.00. The Bertz CT molecular complexity index is 810. The highest BCUT2D eigenvalue weighted by atomic mass is 32.2. The van der Waals surface area contributed by atoms with Crippen LogP contribution in [0.15, 0.2) is 41.4 Å². The predicted octanol–water partition coefficient (Wildman–Crippen LogP) is 1.99. The van der Waals surface area contributed by atoms with E-state index in [1.165, 1.54) is 10.5 Å². The average molecular weight is 355 g/mol. The monoisotopic (exact) mass is 355 g/mol. The van der Waals surface area contributed by atoms with Crippen LogP contribution in [0.25, 0.3) is 0 Å². The van der Waals surface area contributed by atoms with Crippen molar-refractivity contribution in [1.82, 2.24) is 14.5 Å². The Morgan fingerprint density at radius 2 is 1.92 bits per heavy atom. The van der Waals surface area contributed by atoms with E-state index in [9.17, 15) is 17.2 Å². The maximum atomic E-state index is 13.8. The summed E-state index contributed by atoms with van der Waals surface area (Å²) in [4.78, 5) is -0.516. The number of hydrogen-bond donors (Lipinski definition) is 0. The molecule has 2 heterocycles. The molecule has 0 N–H and O–H groups in total. The van der Waals surface area contributed by atoms with E-state index in [4.69, 9.17) is 4.74 Å². The van der Waals surface area contributed by atoms with Gasteiger partial charge in [0.2, 0.25) is 15.9 Å². The van der Waals surface area contributed by atoms with Crippen LogP contribution < -0.4 is 4.74 Å². The highest BCUT2D eigenvalue weighted by molar-refractivity contribution is 7.89. The molecule has 1 saturated heterocycles. The van der Waals surface area contributed by atoms with Crippen molar-refractivity contribution in [3.8, 4) is 5.88 Å². The van der Waals surface area contributed by atoms with Crippen LogP contribution in [0.1, 0.15) is 12.8 Å². The lowest BCUT2D eigenvalue weighted by Gasteiger charge is -2.31. The fourth-order valence-corrected chi connectivity index (χ4v) is 4.05. The Kier molecular flexibility index (Phi) is 4.72. The van der Waals surface area contributed by atoms with Gasteiger partial charge in [0.05, 0.1) is 0 Å². The maximum absolute atomic E-state index is 13.8. The molecule has 0 bridgehead atoms. The van der Waals surface area contributed by atoms with Gasteiger partial charge in [0.15, 0.2) is 0 Å².